The van der Waals surface area contributed by atoms with Crippen LogP contribution in [0.2, 0.25) is 0 Å². The predicted molar refractivity (Wildman–Crippen MR) is 170 cm³/mol. The van der Waals surface area contributed by atoms with Gasteiger partial charge in [-0.05, 0) is 55.2 Å². The minimum atomic E-state index is -3.64. The molecule has 236 valence electrons. The van der Waals surface area contributed by atoms with Gasteiger partial charge in [-0.3, -0.25) is 13.9 Å². The van der Waals surface area contributed by atoms with Crippen molar-refractivity contribution in [2.75, 3.05) is 24.2 Å². The van der Waals surface area contributed by atoms with Gasteiger partial charge in [-0.2, -0.15) is 0 Å². The van der Waals surface area contributed by atoms with Gasteiger partial charge in [-0.15, -0.1) is 0 Å². The van der Waals surface area contributed by atoms with Gasteiger partial charge in [0.2, 0.25) is 21.8 Å². The van der Waals surface area contributed by atoms with Gasteiger partial charge < -0.3 is 15.0 Å². The molecule has 10 heteroatoms. The Balaban J connectivity index is 1.58. The third-order valence-corrected chi connectivity index (χ3v) is 9.23. The number of rotatable bonds is 14. The molecule has 2 amide bonds. The van der Waals surface area contributed by atoms with Crippen molar-refractivity contribution in [3.63, 3.8) is 0 Å². The number of benzene rings is 3. The molecule has 0 spiro atoms. The van der Waals surface area contributed by atoms with Crippen LogP contribution in [-0.2, 0) is 32.6 Å². The Labute approximate surface area is 260 Å². The van der Waals surface area contributed by atoms with E-state index >= 15 is 0 Å². The summed E-state index contributed by atoms with van der Waals surface area (Å²) in [7, 11) is -2.11. The Morgan fingerprint density at radius 1 is 0.955 bits per heavy atom. The minimum absolute atomic E-state index is 0.0291. The highest BCUT2D eigenvalue weighted by Gasteiger charge is 2.32. The van der Waals surface area contributed by atoms with Crippen molar-refractivity contribution >= 4 is 27.5 Å². The van der Waals surface area contributed by atoms with Crippen molar-refractivity contribution in [1.82, 2.24) is 10.2 Å². The Morgan fingerprint density at radius 2 is 1.61 bits per heavy atom. The third kappa shape index (κ3) is 9.29. The van der Waals surface area contributed by atoms with Crippen molar-refractivity contribution in [1.29, 1.82) is 0 Å². The van der Waals surface area contributed by atoms with Crippen LogP contribution in [0.15, 0.2) is 78.9 Å². The molecule has 3 aromatic carbocycles. The molecule has 1 N–H and O–H groups in total. The van der Waals surface area contributed by atoms with Crippen LogP contribution in [0.25, 0.3) is 0 Å². The fraction of sp³-hybridized carbons (Fsp3) is 0.412. The van der Waals surface area contributed by atoms with Crippen molar-refractivity contribution in [2.24, 2.45) is 0 Å². The molecule has 1 aliphatic carbocycles. The van der Waals surface area contributed by atoms with Gasteiger partial charge in [0, 0.05) is 37.5 Å². The van der Waals surface area contributed by atoms with Crippen LogP contribution >= 0.6 is 0 Å². The summed E-state index contributed by atoms with van der Waals surface area (Å²) in [5.74, 6) is -0.478. The van der Waals surface area contributed by atoms with Gasteiger partial charge >= 0.3 is 0 Å². The fourth-order valence-corrected chi connectivity index (χ4v) is 6.63. The Hall–Kier alpha value is -3.92. The number of carbonyl (C=O) groups excluding carboxylic acids is 2. The molecule has 0 saturated heterocycles. The molecule has 1 atom stereocenters. The van der Waals surface area contributed by atoms with Crippen molar-refractivity contribution in [3.8, 4) is 5.75 Å². The van der Waals surface area contributed by atoms with E-state index in [9.17, 15) is 22.4 Å². The lowest BCUT2D eigenvalue weighted by molar-refractivity contribution is -0.141. The number of methoxy groups -OCH3 is 1. The number of hydrogen-bond donors (Lipinski definition) is 1. The number of sulfonamides is 1. The van der Waals surface area contributed by atoms with Crippen LogP contribution in [-0.4, -0.2) is 57.1 Å². The molecule has 0 radical (unpaired) electrons. The van der Waals surface area contributed by atoms with Gasteiger partial charge in [-0.1, -0.05) is 67.8 Å². The summed E-state index contributed by atoms with van der Waals surface area (Å²) in [5, 5.41) is 3.18. The topological polar surface area (TPSA) is 96.0 Å². The van der Waals surface area contributed by atoms with Gasteiger partial charge in [0.1, 0.15) is 17.6 Å². The molecule has 1 fully saturated rings. The average molecular weight is 624 g/mol. The zero-order chi connectivity index (χ0) is 31.5. The van der Waals surface area contributed by atoms with Crippen LogP contribution in [0, 0.1) is 5.82 Å². The summed E-state index contributed by atoms with van der Waals surface area (Å²) < 4.78 is 46.7. The molecule has 1 aliphatic rings. The predicted octanol–water partition coefficient (Wildman–Crippen LogP) is 5.47. The Bertz CT molecular complexity index is 1480. The van der Waals surface area contributed by atoms with E-state index in [4.69, 9.17) is 4.74 Å². The number of hydrogen-bond acceptors (Lipinski definition) is 5. The van der Waals surface area contributed by atoms with Crippen molar-refractivity contribution in [3.05, 3.63) is 95.8 Å². The van der Waals surface area contributed by atoms with E-state index in [0.717, 1.165) is 43.9 Å². The first kappa shape index (κ1) is 33.0. The molecule has 0 aromatic heterocycles. The van der Waals surface area contributed by atoms with E-state index in [1.807, 2.05) is 30.3 Å². The largest absolute Gasteiger partial charge is 0.497 e. The highest BCUT2D eigenvalue weighted by molar-refractivity contribution is 7.92. The third-order valence-electron chi connectivity index (χ3n) is 8.03. The lowest BCUT2D eigenvalue weighted by Crippen LogP contribution is -2.53. The number of ether oxygens (including phenoxy) is 1. The van der Waals surface area contributed by atoms with E-state index in [1.54, 1.807) is 42.5 Å². The summed E-state index contributed by atoms with van der Waals surface area (Å²) in [5.41, 5.74) is 1.64. The van der Waals surface area contributed by atoms with E-state index in [2.05, 4.69) is 5.32 Å². The summed E-state index contributed by atoms with van der Waals surface area (Å²) in [6, 6.07) is 21.5. The maximum atomic E-state index is 14.9. The smallest absolute Gasteiger partial charge is 0.243 e. The molecule has 1 unspecified atom stereocenters. The number of halogens is 1. The molecule has 4 rings (SSSR count). The highest BCUT2D eigenvalue weighted by Crippen LogP contribution is 2.24. The van der Waals surface area contributed by atoms with Crippen LogP contribution in [0.3, 0.4) is 0 Å². The first-order chi connectivity index (χ1) is 21.2. The van der Waals surface area contributed by atoms with E-state index in [1.165, 1.54) is 22.4 Å². The number of nitrogens with one attached hydrogen (secondary N) is 1. The van der Waals surface area contributed by atoms with E-state index in [0.29, 0.717) is 17.0 Å². The number of carbonyl (C=O) groups is 2. The summed E-state index contributed by atoms with van der Waals surface area (Å²) >= 11 is 0. The zero-order valence-electron chi connectivity index (χ0n) is 25.5. The second-order valence-corrected chi connectivity index (χ2v) is 13.2. The van der Waals surface area contributed by atoms with E-state index < -0.39 is 21.9 Å². The summed E-state index contributed by atoms with van der Waals surface area (Å²) in [6.07, 6.45) is 6.55. The molecule has 0 bridgehead atoms. The zero-order valence-corrected chi connectivity index (χ0v) is 26.3. The molecule has 8 nitrogen and oxygen atoms in total. The lowest BCUT2D eigenvalue weighted by atomic mass is 9.94. The number of nitrogens with zero attached hydrogens (tertiary/aromatic N) is 2. The molecular weight excluding hydrogens is 581 g/mol. The molecule has 0 heterocycles. The molecule has 44 heavy (non-hydrogen) atoms. The second kappa shape index (κ2) is 15.7. The Morgan fingerprint density at radius 3 is 2.25 bits per heavy atom. The SMILES string of the molecule is COc1ccc(N(CCCC(=O)N(Cc2ccccc2F)C(Cc2ccccc2)C(=O)NC2CCCCC2)S(C)(=O)=O)cc1. The fourth-order valence-electron chi connectivity index (χ4n) is 5.66. The molecular formula is C34H42FN3O5S. The normalized spacial score (nSPS) is 14.4. The molecule has 0 aliphatic heterocycles. The number of amides is 2. The van der Waals surface area contributed by atoms with Gasteiger partial charge in [0.05, 0.1) is 19.1 Å². The highest BCUT2D eigenvalue weighted by atomic mass is 32.2. The van der Waals surface area contributed by atoms with Gasteiger partial charge in [-0.25, -0.2) is 12.8 Å². The maximum absolute atomic E-state index is 14.9. The monoisotopic (exact) mass is 623 g/mol. The maximum Gasteiger partial charge on any atom is 0.243 e. The summed E-state index contributed by atoms with van der Waals surface area (Å²) in [4.78, 5) is 29.3. The first-order valence-electron chi connectivity index (χ1n) is 15.1. The standard InChI is InChI=1S/C34H42FN3O5S/c1-43-30-21-19-29(20-22-30)38(44(2,41)42)23-11-18-33(39)37(25-27-14-9-10-17-31(27)35)32(24-26-12-5-3-6-13-26)34(40)36-28-15-7-4-8-16-28/h3,5-6,9-10,12-14,17,19-22,28,32H,4,7-8,11,15-16,18,23-25H2,1-2H3,(H,36,40). The van der Waals surface area contributed by atoms with Crippen LogP contribution in [0.1, 0.15) is 56.1 Å². The first-order valence-corrected chi connectivity index (χ1v) is 17.0. The second-order valence-electron chi connectivity index (χ2n) is 11.3. The van der Waals surface area contributed by atoms with Crippen molar-refractivity contribution in [2.45, 2.75) is 70.0 Å². The summed E-state index contributed by atoms with van der Waals surface area (Å²) in [6.45, 7) is -0.0303. The molecule has 1 saturated carbocycles. The van der Waals surface area contributed by atoms with Crippen LogP contribution < -0.4 is 14.4 Å². The van der Waals surface area contributed by atoms with Gasteiger partial charge in [0.25, 0.3) is 0 Å². The van der Waals surface area contributed by atoms with Crippen molar-refractivity contribution < 1.29 is 27.1 Å². The Kier molecular flexibility index (Phi) is 11.8. The molecule has 3 aromatic rings. The lowest BCUT2D eigenvalue weighted by Gasteiger charge is -2.34. The van der Waals surface area contributed by atoms with Crippen LogP contribution in [0.5, 0.6) is 5.75 Å². The average Bonchev–Trinajstić information content (AvgIpc) is 3.02. The van der Waals surface area contributed by atoms with Gasteiger partial charge in [0.15, 0.2) is 0 Å². The van der Waals surface area contributed by atoms with E-state index in [-0.39, 0.29) is 50.2 Å². The minimum Gasteiger partial charge on any atom is -0.497 e. The quantitative estimate of drug-likeness (QED) is 0.257. The number of anilines is 1. The van der Waals surface area contributed by atoms with Crippen LogP contribution in [0.4, 0.5) is 10.1 Å².